The molecule has 0 saturated heterocycles. The molecule has 0 aliphatic rings. The summed E-state index contributed by atoms with van der Waals surface area (Å²) in [5.41, 5.74) is 1.50. The Bertz CT molecular complexity index is 654. The second-order valence-corrected chi connectivity index (χ2v) is 6.14. The number of benzene rings is 1. The zero-order valence-electron chi connectivity index (χ0n) is 10.2. The molecule has 100 valence electrons. The monoisotopic (exact) mass is 297 g/mol. The van der Waals surface area contributed by atoms with Gasteiger partial charge in [-0.25, -0.2) is 13.1 Å². The standard InChI is InChI=1S/C12H12ClN3O2S/c1-9-2-5-11(6-3-9)19(17,18)14-8-10-4-7-12(13)16-15-10/h2-7,14H,8H2,1H3. The molecule has 0 amide bonds. The Morgan fingerprint density at radius 3 is 2.37 bits per heavy atom. The van der Waals surface area contributed by atoms with Crippen LogP contribution in [0.25, 0.3) is 0 Å². The lowest BCUT2D eigenvalue weighted by Crippen LogP contribution is -2.23. The van der Waals surface area contributed by atoms with E-state index in [0.29, 0.717) is 5.69 Å². The van der Waals surface area contributed by atoms with E-state index in [2.05, 4.69) is 14.9 Å². The number of aromatic nitrogens is 2. The van der Waals surface area contributed by atoms with Gasteiger partial charge < -0.3 is 0 Å². The molecule has 1 aromatic carbocycles. The summed E-state index contributed by atoms with van der Waals surface area (Å²) in [6.07, 6.45) is 0. The van der Waals surface area contributed by atoms with Gasteiger partial charge in [-0.05, 0) is 31.2 Å². The average Bonchev–Trinajstić information content (AvgIpc) is 2.39. The van der Waals surface area contributed by atoms with E-state index >= 15 is 0 Å². The zero-order valence-corrected chi connectivity index (χ0v) is 11.7. The molecule has 2 rings (SSSR count). The Balaban J connectivity index is 2.09. The van der Waals surface area contributed by atoms with Crippen molar-refractivity contribution in [2.24, 2.45) is 0 Å². The van der Waals surface area contributed by atoms with Gasteiger partial charge in [-0.2, -0.15) is 5.10 Å². The van der Waals surface area contributed by atoms with Gasteiger partial charge >= 0.3 is 0 Å². The third-order valence-electron chi connectivity index (χ3n) is 2.46. The Morgan fingerprint density at radius 2 is 1.79 bits per heavy atom. The molecule has 0 radical (unpaired) electrons. The summed E-state index contributed by atoms with van der Waals surface area (Å²) in [7, 11) is -3.54. The molecule has 19 heavy (non-hydrogen) atoms. The first-order chi connectivity index (χ1) is 8.97. The predicted molar refractivity (Wildman–Crippen MR) is 72.2 cm³/mol. The Hall–Kier alpha value is -1.50. The van der Waals surface area contributed by atoms with Crippen molar-refractivity contribution < 1.29 is 8.42 Å². The molecular weight excluding hydrogens is 286 g/mol. The van der Waals surface area contributed by atoms with E-state index in [9.17, 15) is 8.42 Å². The van der Waals surface area contributed by atoms with Crippen LogP contribution >= 0.6 is 11.6 Å². The van der Waals surface area contributed by atoms with E-state index < -0.39 is 10.0 Å². The van der Waals surface area contributed by atoms with Crippen molar-refractivity contribution in [3.05, 3.63) is 52.8 Å². The molecule has 0 spiro atoms. The van der Waals surface area contributed by atoms with Crippen LogP contribution in [-0.4, -0.2) is 18.6 Å². The summed E-state index contributed by atoms with van der Waals surface area (Å²) in [6, 6.07) is 9.79. The van der Waals surface area contributed by atoms with Crippen molar-refractivity contribution in [3.8, 4) is 0 Å². The molecule has 2 aromatic rings. The molecule has 0 aliphatic heterocycles. The van der Waals surface area contributed by atoms with Crippen LogP contribution in [0.2, 0.25) is 5.15 Å². The molecule has 0 fully saturated rings. The number of rotatable bonds is 4. The molecule has 1 N–H and O–H groups in total. The molecule has 0 unspecified atom stereocenters. The maximum atomic E-state index is 12.0. The van der Waals surface area contributed by atoms with Gasteiger partial charge in [0.05, 0.1) is 17.1 Å². The summed E-state index contributed by atoms with van der Waals surface area (Å²) in [5.74, 6) is 0. The molecule has 0 saturated carbocycles. The third-order valence-corrected chi connectivity index (χ3v) is 4.08. The maximum Gasteiger partial charge on any atom is 0.240 e. The highest BCUT2D eigenvalue weighted by Gasteiger charge is 2.13. The fraction of sp³-hybridized carbons (Fsp3) is 0.167. The molecular formula is C12H12ClN3O2S. The fourth-order valence-electron chi connectivity index (χ4n) is 1.41. The summed E-state index contributed by atoms with van der Waals surface area (Å²) >= 11 is 5.60. The Labute approximate surface area is 116 Å². The Kier molecular flexibility index (Phi) is 4.14. The van der Waals surface area contributed by atoms with Crippen molar-refractivity contribution in [3.63, 3.8) is 0 Å². The number of sulfonamides is 1. The van der Waals surface area contributed by atoms with Crippen molar-refractivity contribution >= 4 is 21.6 Å². The van der Waals surface area contributed by atoms with Crippen LogP contribution in [-0.2, 0) is 16.6 Å². The van der Waals surface area contributed by atoms with E-state index in [1.165, 1.54) is 0 Å². The normalized spacial score (nSPS) is 11.5. The summed E-state index contributed by atoms with van der Waals surface area (Å²) in [5, 5.41) is 7.69. The van der Waals surface area contributed by atoms with Gasteiger partial charge in [-0.1, -0.05) is 29.3 Å². The second-order valence-electron chi connectivity index (χ2n) is 3.98. The van der Waals surface area contributed by atoms with Crippen LogP contribution in [0.4, 0.5) is 0 Å². The first kappa shape index (κ1) is 13.9. The fourth-order valence-corrected chi connectivity index (χ4v) is 2.51. The van der Waals surface area contributed by atoms with E-state index in [-0.39, 0.29) is 16.6 Å². The third kappa shape index (κ3) is 3.73. The first-order valence-corrected chi connectivity index (χ1v) is 7.38. The van der Waals surface area contributed by atoms with E-state index in [4.69, 9.17) is 11.6 Å². The van der Waals surface area contributed by atoms with Crippen molar-refractivity contribution in [2.45, 2.75) is 18.4 Å². The highest BCUT2D eigenvalue weighted by atomic mass is 35.5. The van der Waals surface area contributed by atoms with Gasteiger partial charge in [0, 0.05) is 0 Å². The quantitative estimate of drug-likeness (QED) is 0.936. The van der Waals surface area contributed by atoms with Gasteiger partial charge in [0.25, 0.3) is 0 Å². The van der Waals surface area contributed by atoms with Crippen LogP contribution < -0.4 is 4.72 Å². The van der Waals surface area contributed by atoms with Gasteiger partial charge in [0.2, 0.25) is 10.0 Å². The van der Waals surface area contributed by atoms with Gasteiger partial charge in [-0.3, -0.25) is 0 Å². The summed E-state index contributed by atoms with van der Waals surface area (Å²) in [6.45, 7) is 1.97. The number of hydrogen-bond donors (Lipinski definition) is 1. The molecule has 0 aliphatic carbocycles. The van der Waals surface area contributed by atoms with Gasteiger partial charge in [0.1, 0.15) is 0 Å². The Morgan fingerprint density at radius 1 is 1.11 bits per heavy atom. The number of nitrogens with one attached hydrogen (secondary N) is 1. The number of halogens is 1. The van der Waals surface area contributed by atoms with E-state index in [1.807, 2.05) is 6.92 Å². The maximum absolute atomic E-state index is 12.0. The largest absolute Gasteiger partial charge is 0.240 e. The van der Waals surface area contributed by atoms with Crippen LogP contribution in [0, 0.1) is 6.92 Å². The smallest absolute Gasteiger partial charge is 0.207 e. The SMILES string of the molecule is Cc1ccc(S(=O)(=O)NCc2ccc(Cl)nn2)cc1. The van der Waals surface area contributed by atoms with Crippen molar-refractivity contribution in [1.29, 1.82) is 0 Å². The van der Waals surface area contributed by atoms with Gasteiger partial charge in [-0.15, -0.1) is 5.10 Å². The van der Waals surface area contributed by atoms with E-state index in [1.54, 1.807) is 36.4 Å². The minimum Gasteiger partial charge on any atom is -0.207 e. The van der Waals surface area contributed by atoms with E-state index in [0.717, 1.165) is 5.56 Å². The summed E-state index contributed by atoms with van der Waals surface area (Å²) < 4.78 is 26.5. The highest BCUT2D eigenvalue weighted by molar-refractivity contribution is 7.89. The number of nitrogens with zero attached hydrogens (tertiary/aromatic N) is 2. The summed E-state index contributed by atoms with van der Waals surface area (Å²) in [4.78, 5) is 0.222. The lowest BCUT2D eigenvalue weighted by molar-refractivity contribution is 0.580. The van der Waals surface area contributed by atoms with Gasteiger partial charge in [0.15, 0.2) is 5.15 Å². The van der Waals surface area contributed by atoms with Crippen LogP contribution in [0.3, 0.4) is 0 Å². The highest BCUT2D eigenvalue weighted by Crippen LogP contribution is 2.10. The number of hydrogen-bond acceptors (Lipinski definition) is 4. The lowest BCUT2D eigenvalue weighted by Gasteiger charge is -2.06. The van der Waals surface area contributed by atoms with Crippen molar-refractivity contribution in [2.75, 3.05) is 0 Å². The van der Waals surface area contributed by atoms with Crippen LogP contribution in [0.5, 0.6) is 0 Å². The average molecular weight is 298 g/mol. The second kappa shape index (κ2) is 5.64. The molecule has 0 atom stereocenters. The molecule has 1 aromatic heterocycles. The topological polar surface area (TPSA) is 72.0 Å². The molecule has 7 heteroatoms. The van der Waals surface area contributed by atoms with Crippen molar-refractivity contribution in [1.82, 2.24) is 14.9 Å². The predicted octanol–water partition coefficient (Wildman–Crippen LogP) is 1.92. The van der Waals surface area contributed by atoms with Crippen LogP contribution in [0.15, 0.2) is 41.3 Å². The zero-order chi connectivity index (χ0) is 13.9. The first-order valence-electron chi connectivity index (χ1n) is 5.52. The lowest BCUT2D eigenvalue weighted by atomic mass is 10.2. The minimum atomic E-state index is -3.54. The molecule has 5 nitrogen and oxygen atoms in total. The van der Waals surface area contributed by atoms with Crippen LogP contribution in [0.1, 0.15) is 11.3 Å². The molecule has 0 bridgehead atoms. The number of aryl methyl sites for hydroxylation is 1. The minimum absolute atomic E-state index is 0.0698. The molecule has 1 heterocycles.